The zero-order chi connectivity index (χ0) is 11.8. The Hall–Kier alpha value is -1.62. The standard InChI is InChI=1S/C8H6ClN3S.CO2/c9-6-1-3-7(4-2-6)13-8-5-10-12-11-8;2-1-3/h1-5H,(H,10,11,12);. The van der Waals surface area contributed by atoms with Gasteiger partial charge in [0.15, 0.2) is 0 Å². The van der Waals surface area contributed by atoms with Gasteiger partial charge in [-0.05, 0) is 24.3 Å². The van der Waals surface area contributed by atoms with Gasteiger partial charge in [-0.15, -0.1) is 5.10 Å². The smallest absolute Gasteiger partial charge is 0.197 e. The molecule has 7 heteroatoms. The van der Waals surface area contributed by atoms with Gasteiger partial charge in [-0.1, -0.05) is 23.4 Å². The van der Waals surface area contributed by atoms with Crippen LogP contribution >= 0.6 is 23.4 Å². The second-order valence-corrected chi connectivity index (χ2v) is 3.98. The lowest BCUT2D eigenvalue weighted by atomic mass is 10.4. The molecule has 0 aliphatic heterocycles. The second kappa shape index (κ2) is 6.79. The maximum Gasteiger partial charge on any atom is 0.373 e. The summed E-state index contributed by atoms with van der Waals surface area (Å²) in [6.45, 7) is 0. The molecule has 5 nitrogen and oxygen atoms in total. The van der Waals surface area contributed by atoms with E-state index in [9.17, 15) is 0 Å². The molecular weight excluding hydrogens is 250 g/mol. The maximum atomic E-state index is 8.12. The Kier molecular flexibility index (Phi) is 5.28. The normalized spacial score (nSPS) is 8.81. The van der Waals surface area contributed by atoms with Crippen molar-refractivity contribution in [1.82, 2.24) is 15.4 Å². The van der Waals surface area contributed by atoms with Crippen molar-refractivity contribution < 1.29 is 9.59 Å². The van der Waals surface area contributed by atoms with E-state index in [2.05, 4.69) is 15.4 Å². The molecule has 0 radical (unpaired) electrons. The molecular formula is C9H6ClN3O2S. The molecule has 0 atom stereocenters. The van der Waals surface area contributed by atoms with Crippen molar-refractivity contribution in [1.29, 1.82) is 0 Å². The number of benzene rings is 1. The predicted molar refractivity (Wildman–Crippen MR) is 57.0 cm³/mol. The molecule has 16 heavy (non-hydrogen) atoms. The molecule has 0 saturated heterocycles. The summed E-state index contributed by atoms with van der Waals surface area (Å²) < 4.78 is 0. The minimum absolute atomic E-state index is 0.250. The summed E-state index contributed by atoms with van der Waals surface area (Å²) in [7, 11) is 0. The lowest BCUT2D eigenvalue weighted by Gasteiger charge is -1.95. The molecule has 0 aliphatic carbocycles. The quantitative estimate of drug-likeness (QED) is 0.889. The molecule has 2 aromatic rings. The molecule has 1 N–H and O–H groups in total. The van der Waals surface area contributed by atoms with Crippen molar-refractivity contribution in [2.75, 3.05) is 0 Å². The van der Waals surface area contributed by atoms with Crippen LogP contribution in [0.1, 0.15) is 0 Å². The van der Waals surface area contributed by atoms with Gasteiger partial charge in [-0.3, -0.25) is 0 Å². The molecule has 0 saturated carbocycles. The summed E-state index contributed by atoms with van der Waals surface area (Å²) in [5, 5.41) is 11.8. The highest BCUT2D eigenvalue weighted by molar-refractivity contribution is 7.99. The molecule has 0 amide bonds. The Morgan fingerprint density at radius 3 is 2.38 bits per heavy atom. The molecule has 0 fully saturated rings. The summed E-state index contributed by atoms with van der Waals surface area (Å²) in [5.74, 6) is 0. The number of hydrogen-bond donors (Lipinski definition) is 1. The number of aromatic amines is 1. The van der Waals surface area contributed by atoms with Crippen molar-refractivity contribution in [3.8, 4) is 0 Å². The van der Waals surface area contributed by atoms with E-state index in [1.807, 2.05) is 24.3 Å². The van der Waals surface area contributed by atoms with Crippen molar-refractivity contribution in [2.45, 2.75) is 9.92 Å². The average molecular weight is 256 g/mol. The van der Waals surface area contributed by atoms with Crippen molar-refractivity contribution in [3.63, 3.8) is 0 Å². The third-order valence-electron chi connectivity index (χ3n) is 1.43. The lowest BCUT2D eigenvalue weighted by molar-refractivity contribution is -0.191. The molecule has 1 aromatic heterocycles. The van der Waals surface area contributed by atoms with E-state index in [0.29, 0.717) is 0 Å². The first-order chi connectivity index (χ1) is 7.76. The van der Waals surface area contributed by atoms with Crippen LogP contribution in [0, 0.1) is 0 Å². The highest BCUT2D eigenvalue weighted by Gasteiger charge is 1.98. The van der Waals surface area contributed by atoms with Crippen LogP contribution in [-0.2, 0) is 9.59 Å². The van der Waals surface area contributed by atoms with Gasteiger partial charge in [0.05, 0.1) is 6.20 Å². The number of carbonyl (C=O) groups excluding carboxylic acids is 2. The van der Waals surface area contributed by atoms with E-state index in [4.69, 9.17) is 21.2 Å². The number of nitrogens with one attached hydrogen (secondary N) is 1. The molecule has 0 unspecified atom stereocenters. The second-order valence-electron chi connectivity index (χ2n) is 2.45. The molecule has 1 aromatic carbocycles. The van der Waals surface area contributed by atoms with E-state index < -0.39 is 0 Å². The van der Waals surface area contributed by atoms with Gasteiger partial charge in [0.1, 0.15) is 5.03 Å². The van der Waals surface area contributed by atoms with Gasteiger partial charge >= 0.3 is 6.15 Å². The molecule has 0 spiro atoms. The van der Waals surface area contributed by atoms with Crippen LogP contribution in [0.4, 0.5) is 0 Å². The van der Waals surface area contributed by atoms with E-state index in [1.165, 1.54) is 11.8 Å². The van der Waals surface area contributed by atoms with Gasteiger partial charge < -0.3 is 0 Å². The summed E-state index contributed by atoms with van der Waals surface area (Å²) >= 11 is 7.29. The largest absolute Gasteiger partial charge is 0.373 e. The Labute approximate surface area is 100 Å². The van der Waals surface area contributed by atoms with Gasteiger partial charge in [0, 0.05) is 9.92 Å². The molecule has 0 aliphatic rings. The van der Waals surface area contributed by atoms with Crippen molar-refractivity contribution in [2.24, 2.45) is 0 Å². The summed E-state index contributed by atoms with van der Waals surface area (Å²) in [6, 6.07) is 7.59. The molecule has 1 heterocycles. The van der Waals surface area contributed by atoms with Gasteiger partial charge in [-0.25, -0.2) is 0 Å². The minimum atomic E-state index is 0.250. The number of hydrogen-bond acceptors (Lipinski definition) is 5. The maximum absolute atomic E-state index is 8.12. The Morgan fingerprint density at radius 1 is 1.25 bits per heavy atom. The molecule has 82 valence electrons. The fraction of sp³-hybridized carbons (Fsp3) is 0. The summed E-state index contributed by atoms with van der Waals surface area (Å²) in [5.41, 5.74) is 0. The summed E-state index contributed by atoms with van der Waals surface area (Å²) in [6.07, 6.45) is 1.93. The van der Waals surface area contributed by atoms with Gasteiger partial charge in [0.25, 0.3) is 0 Å². The predicted octanol–water partition coefficient (Wildman–Crippen LogP) is 2.03. The van der Waals surface area contributed by atoms with Gasteiger partial charge in [0.2, 0.25) is 0 Å². The Bertz CT molecular complexity index is 452. The highest BCUT2D eigenvalue weighted by Crippen LogP contribution is 2.25. The first-order valence-corrected chi connectivity index (χ1v) is 5.24. The third kappa shape index (κ3) is 4.27. The van der Waals surface area contributed by atoms with Crippen LogP contribution in [0.25, 0.3) is 0 Å². The van der Waals surface area contributed by atoms with E-state index in [1.54, 1.807) is 6.20 Å². The van der Waals surface area contributed by atoms with Crippen LogP contribution < -0.4 is 0 Å². The molecule has 2 rings (SSSR count). The zero-order valence-electron chi connectivity index (χ0n) is 7.88. The van der Waals surface area contributed by atoms with Crippen molar-refractivity contribution in [3.05, 3.63) is 35.5 Å². The fourth-order valence-electron chi connectivity index (χ4n) is 0.864. The van der Waals surface area contributed by atoms with Crippen LogP contribution in [0.3, 0.4) is 0 Å². The fourth-order valence-corrected chi connectivity index (χ4v) is 1.70. The first-order valence-electron chi connectivity index (χ1n) is 4.04. The van der Waals surface area contributed by atoms with E-state index in [0.717, 1.165) is 14.9 Å². The van der Waals surface area contributed by atoms with Gasteiger partial charge in [-0.2, -0.15) is 19.9 Å². The van der Waals surface area contributed by atoms with Crippen LogP contribution in [0.5, 0.6) is 0 Å². The molecule has 0 bridgehead atoms. The topological polar surface area (TPSA) is 75.7 Å². The van der Waals surface area contributed by atoms with Crippen LogP contribution in [0.2, 0.25) is 5.02 Å². The number of nitrogens with zero attached hydrogens (tertiary/aromatic N) is 2. The SMILES string of the molecule is Clc1ccc(Sc2cn[nH]n2)cc1.O=C=O. The van der Waals surface area contributed by atoms with Crippen LogP contribution in [0.15, 0.2) is 40.4 Å². The third-order valence-corrected chi connectivity index (χ3v) is 2.59. The number of aromatic nitrogens is 3. The van der Waals surface area contributed by atoms with E-state index in [-0.39, 0.29) is 6.15 Å². The highest BCUT2D eigenvalue weighted by atomic mass is 35.5. The Morgan fingerprint density at radius 2 is 1.88 bits per heavy atom. The van der Waals surface area contributed by atoms with Crippen molar-refractivity contribution >= 4 is 29.5 Å². The first kappa shape index (κ1) is 12.4. The number of halogens is 1. The number of rotatable bonds is 2. The minimum Gasteiger partial charge on any atom is -0.197 e. The average Bonchev–Trinajstić information content (AvgIpc) is 2.75. The monoisotopic (exact) mass is 255 g/mol. The zero-order valence-corrected chi connectivity index (χ0v) is 9.46. The van der Waals surface area contributed by atoms with Crippen LogP contribution in [-0.4, -0.2) is 21.6 Å². The summed E-state index contributed by atoms with van der Waals surface area (Å²) in [4.78, 5) is 17.3. The Balaban J connectivity index is 0.000000386. The lowest BCUT2D eigenvalue weighted by Crippen LogP contribution is -1.73. The number of H-pyrrole nitrogens is 1. The van der Waals surface area contributed by atoms with E-state index >= 15 is 0 Å².